The van der Waals surface area contributed by atoms with Crippen molar-refractivity contribution in [1.82, 2.24) is 14.9 Å². The SMILES string of the molecule is CN(C)c1nc(-c2ccccc2)nc2c1CCN(C(=O)C1(O)CCCC1)C2. The summed E-state index contributed by atoms with van der Waals surface area (Å²) in [5.41, 5.74) is 1.76. The first-order valence-corrected chi connectivity index (χ1v) is 9.62. The third-order valence-electron chi connectivity index (χ3n) is 5.61. The predicted octanol–water partition coefficient (Wildman–Crippen LogP) is 2.40. The molecule has 0 saturated heterocycles. The lowest BCUT2D eigenvalue weighted by Crippen LogP contribution is -2.49. The number of anilines is 1. The highest BCUT2D eigenvalue weighted by Gasteiger charge is 2.42. The maximum atomic E-state index is 12.9. The fraction of sp³-hybridized carbons (Fsp3) is 0.476. The fourth-order valence-corrected chi connectivity index (χ4v) is 4.14. The van der Waals surface area contributed by atoms with Crippen LogP contribution in [0.4, 0.5) is 5.82 Å². The number of carbonyl (C=O) groups is 1. The van der Waals surface area contributed by atoms with Crippen LogP contribution < -0.4 is 4.90 Å². The molecule has 2 heterocycles. The Hall–Kier alpha value is -2.47. The van der Waals surface area contributed by atoms with Gasteiger partial charge in [0.25, 0.3) is 5.91 Å². The molecule has 0 unspecified atom stereocenters. The van der Waals surface area contributed by atoms with E-state index in [0.717, 1.165) is 35.5 Å². The molecule has 6 heteroatoms. The topological polar surface area (TPSA) is 69.6 Å². The van der Waals surface area contributed by atoms with Crippen LogP contribution in [0.25, 0.3) is 11.4 Å². The van der Waals surface area contributed by atoms with Crippen molar-refractivity contribution in [2.45, 2.75) is 44.2 Å². The summed E-state index contributed by atoms with van der Waals surface area (Å²) in [5.74, 6) is 1.44. The smallest absolute Gasteiger partial charge is 0.254 e. The number of benzene rings is 1. The summed E-state index contributed by atoms with van der Waals surface area (Å²) in [6, 6.07) is 9.90. The van der Waals surface area contributed by atoms with E-state index in [-0.39, 0.29) is 5.91 Å². The molecule has 1 amide bonds. The molecule has 142 valence electrons. The second kappa shape index (κ2) is 6.93. The summed E-state index contributed by atoms with van der Waals surface area (Å²) in [5, 5.41) is 10.7. The summed E-state index contributed by atoms with van der Waals surface area (Å²) in [7, 11) is 3.96. The Bertz CT molecular complexity index is 845. The monoisotopic (exact) mass is 366 g/mol. The Morgan fingerprint density at radius 1 is 1.15 bits per heavy atom. The number of aliphatic hydroxyl groups is 1. The van der Waals surface area contributed by atoms with Gasteiger partial charge in [0.05, 0.1) is 12.2 Å². The molecule has 1 saturated carbocycles. The van der Waals surface area contributed by atoms with Crippen LogP contribution in [0.15, 0.2) is 30.3 Å². The van der Waals surface area contributed by atoms with Crippen molar-refractivity contribution in [2.75, 3.05) is 25.5 Å². The van der Waals surface area contributed by atoms with E-state index >= 15 is 0 Å². The lowest BCUT2D eigenvalue weighted by Gasteiger charge is -2.35. The first-order chi connectivity index (χ1) is 13.0. The van der Waals surface area contributed by atoms with Gasteiger partial charge in [0, 0.05) is 31.8 Å². The zero-order valence-corrected chi connectivity index (χ0v) is 16.0. The van der Waals surface area contributed by atoms with Gasteiger partial charge >= 0.3 is 0 Å². The quantitative estimate of drug-likeness (QED) is 0.903. The highest BCUT2D eigenvalue weighted by molar-refractivity contribution is 5.85. The van der Waals surface area contributed by atoms with Crippen molar-refractivity contribution in [1.29, 1.82) is 0 Å². The molecular formula is C21H26N4O2. The third-order valence-corrected chi connectivity index (χ3v) is 5.61. The third kappa shape index (κ3) is 3.30. The molecule has 1 fully saturated rings. The Kier molecular flexibility index (Phi) is 4.60. The number of hydrogen-bond acceptors (Lipinski definition) is 5. The van der Waals surface area contributed by atoms with Crippen LogP contribution >= 0.6 is 0 Å². The van der Waals surface area contributed by atoms with Crippen LogP contribution in [0.2, 0.25) is 0 Å². The van der Waals surface area contributed by atoms with E-state index in [2.05, 4.69) is 0 Å². The van der Waals surface area contributed by atoms with Crippen LogP contribution in [0.3, 0.4) is 0 Å². The van der Waals surface area contributed by atoms with E-state index in [1.54, 1.807) is 4.90 Å². The van der Waals surface area contributed by atoms with Gasteiger partial charge in [-0.25, -0.2) is 9.97 Å². The largest absolute Gasteiger partial charge is 0.380 e. The molecule has 27 heavy (non-hydrogen) atoms. The van der Waals surface area contributed by atoms with Crippen LogP contribution in [-0.2, 0) is 17.8 Å². The Morgan fingerprint density at radius 2 is 1.85 bits per heavy atom. The number of nitrogens with zero attached hydrogens (tertiary/aromatic N) is 4. The lowest BCUT2D eigenvalue weighted by atomic mass is 9.97. The molecule has 0 radical (unpaired) electrons. The van der Waals surface area contributed by atoms with Crippen molar-refractivity contribution < 1.29 is 9.90 Å². The molecular weight excluding hydrogens is 340 g/mol. The standard InChI is InChI=1S/C21H26N4O2/c1-24(2)19-16-10-13-25(20(26)21(27)11-6-7-12-21)14-17(16)22-18(23-19)15-8-4-3-5-9-15/h3-5,8-9,27H,6-7,10-14H2,1-2H3. The summed E-state index contributed by atoms with van der Waals surface area (Å²) in [6.45, 7) is 1.03. The Balaban J connectivity index is 1.69. The fourth-order valence-electron chi connectivity index (χ4n) is 4.14. The van der Waals surface area contributed by atoms with Crippen LogP contribution in [0.1, 0.15) is 36.9 Å². The van der Waals surface area contributed by atoms with Gasteiger partial charge in [-0.3, -0.25) is 4.79 Å². The second-order valence-corrected chi connectivity index (χ2v) is 7.77. The van der Waals surface area contributed by atoms with Gasteiger partial charge in [-0.05, 0) is 32.1 Å². The van der Waals surface area contributed by atoms with Gasteiger partial charge in [0.2, 0.25) is 0 Å². The number of rotatable bonds is 3. The summed E-state index contributed by atoms with van der Waals surface area (Å²) >= 11 is 0. The van der Waals surface area contributed by atoms with Gasteiger partial charge in [-0.1, -0.05) is 30.3 Å². The van der Waals surface area contributed by atoms with E-state index in [1.807, 2.05) is 49.3 Å². The second-order valence-electron chi connectivity index (χ2n) is 7.77. The Labute approximate surface area is 159 Å². The maximum Gasteiger partial charge on any atom is 0.254 e. The molecule has 2 aliphatic rings. The molecule has 1 N–H and O–H groups in total. The summed E-state index contributed by atoms with van der Waals surface area (Å²) in [4.78, 5) is 26.3. The van der Waals surface area contributed by atoms with Gasteiger partial charge in [-0.15, -0.1) is 0 Å². The first-order valence-electron chi connectivity index (χ1n) is 9.62. The number of carbonyl (C=O) groups excluding carboxylic acids is 1. The normalized spacial score (nSPS) is 18.3. The molecule has 1 aromatic heterocycles. The molecule has 4 rings (SSSR count). The van der Waals surface area contributed by atoms with Crippen LogP contribution in [0.5, 0.6) is 0 Å². The van der Waals surface area contributed by atoms with Crippen molar-refractivity contribution in [3.8, 4) is 11.4 Å². The zero-order chi connectivity index (χ0) is 19.0. The minimum Gasteiger partial charge on any atom is -0.380 e. The van der Waals surface area contributed by atoms with Crippen molar-refractivity contribution >= 4 is 11.7 Å². The lowest BCUT2D eigenvalue weighted by molar-refractivity contribution is -0.151. The van der Waals surface area contributed by atoms with E-state index in [4.69, 9.17) is 9.97 Å². The number of fused-ring (bicyclic) bond motifs is 1. The zero-order valence-electron chi connectivity index (χ0n) is 16.0. The van der Waals surface area contributed by atoms with Gasteiger partial charge in [0.1, 0.15) is 11.4 Å². The predicted molar refractivity (Wildman–Crippen MR) is 104 cm³/mol. The van der Waals surface area contributed by atoms with Crippen molar-refractivity contribution in [2.24, 2.45) is 0 Å². The van der Waals surface area contributed by atoms with Crippen LogP contribution in [-0.4, -0.2) is 52.1 Å². The van der Waals surface area contributed by atoms with Crippen LogP contribution in [0, 0.1) is 0 Å². The number of hydrogen-bond donors (Lipinski definition) is 1. The molecule has 6 nitrogen and oxygen atoms in total. The Morgan fingerprint density at radius 3 is 2.52 bits per heavy atom. The molecule has 1 aromatic carbocycles. The summed E-state index contributed by atoms with van der Waals surface area (Å²) in [6.07, 6.45) is 3.67. The average Bonchev–Trinajstić information content (AvgIpc) is 3.14. The highest BCUT2D eigenvalue weighted by atomic mass is 16.3. The van der Waals surface area contributed by atoms with Gasteiger partial charge < -0.3 is 14.9 Å². The minimum atomic E-state index is -1.18. The number of amides is 1. The van der Waals surface area contributed by atoms with Crippen molar-refractivity contribution in [3.63, 3.8) is 0 Å². The first kappa shape index (κ1) is 17.9. The van der Waals surface area contributed by atoms with E-state index < -0.39 is 5.60 Å². The summed E-state index contributed by atoms with van der Waals surface area (Å²) < 4.78 is 0. The van der Waals surface area contributed by atoms with E-state index in [1.165, 1.54) is 0 Å². The minimum absolute atomic E-state index is 0.142. The highest BCUT2D eigenvalue weighted by Crippen LogP contribution is 2.34. The number of aromatic nitrogens is 2. The van der Waals surface area contributed by atoms with Gasteiger partial charge in [0.15, 0.2) is 5.82 Å². The van der Waals surface area contributed by atoms with Gasteiger partial charge in [-0.2, -0.15) is 0 Å². The van der Waals surface area contributed by atoms with Crippen molar-refractivity contribution in [3.05, 3.63) is 41.6 Å². The molecule has 0 atom stereocenters. The van der Waals surface area contributed by atoms with E-state index in [9.17, 15) is 9.90 Å². The molecule has 2 aromatic rings. The molecule has 0 bridgehead atoms. The molecule has 1 aliphatic carbocycles. The van der Waals surface area contributed by atoms with E-state index in [0.29, 0.717) is 38.2 Å². The molecule has 1 aliphatic heterocycles. The average molecular weight is 366 g/mol. The molecule has 0 spiro atoms. The maximum absolute atomic E-state index is 12.9.